The molecule has 0 saturated heterocycles. The van der Waals surface area contributed by atoms with E-state index in [2.05, 4.69) is 92.0 Å². The van der Waals surface area contributed by atoms with Crippen LogP contribution in [0, 0.1) is 113 Å². The van der Waals surface area contributed by atoms with E-state index in [1.807, 2.05) is 0 Å². The minimum absolute atomic E-state index is 0. The predicted octanol–water partition coefficient (Wildman–Crippen LogP) is 7.88. The molecule has 8 rings (SSSR count). The molecule has 0 aliphatic heterocycles. The summed E-state index contributed by atoms with van der Waals surface area (Å²) in [6.45, 7) is 24.1. The van der Waals surface area contributed by atoms with E-state index in [0.29, 0.717) is 10.8 Å². The van der Waals surface area contributed by atoms with Gasteiger partial charge >= 0.3 is 104 Å². The number of allylic oxidation sites excluding steroid dienone is 2. The molecule has 0 bridgehead atoms. The molecule has 0 aromatic carbocycles. The van der Waals surface area contributed by atoms with Crippen LogP contribution < -0.4 is 53.5 Å². The summed E-state index contributed by atoms with van der Waals surface area (Å²) in [5.41, 5.74) is 4.32. The van der Waals surface area contributed by atoms with E-state index in [1.54, 1.807) is 6.29 Å². The second kappa shape index (κ2) is 48.8. The number of aliphatic carboxylic acids is 3. The van der Waals surface area contributed by atoms with Crippen molar-refractivity contribution in [2.24, 2.45) is 92.7 Å². The molecule has 0 aromatic rings. The standard InChI is InChI=1S/C34H56N2O6.C34H55N2O5.2Li.2HNO3.4H2N.H2O.2Pt/c1-22(2)7-6-8-23(3)27-11-12-28-26-10-9-24-19-25(13-15-33(24,4)29(26)14-16-34(27,28)5)42-32(41)35-17-18-36(20-30(37)38)21-31(39)40;1-23(2)7-6-8-24(3)28-11-12-29-27-10-9-25-21-26(13-15-33(25,4)30(27)14-16-34(28,29)5)41-32(40)35-17-18-36(19-20-37)22-31(38)39;;;2*2-1(3)4;;;;;;;/h9,22-23,25-29H,6-8,10-21H2,1-5H3,(H,35,41)(H,37,38)(H,39,40);9,23-24,26-30H,6-8,10-19,21-22H2,1-5H3,(H,35,40)(H,38,39);;;2*(H,2,3,4);5*1H2;;/q;-1;2*+1;;;4*-1;;2*+2/p-2/t23-,25+,26?,27-,28?,29?,33+,34-;24-,26+,27?,28-,29?,30?,33+,34-;;;;;;;;;;;/m11.........../s1. The smallest absolute Gasteiger partial charge is 0.870 e. The van der Waals surface area contributed by atoms with Crippen molar-refractivity contribution in [1.29, 1.82) is 0 Å². The zero-order valence-electron chi connectivity index (χ0n) is 61.7. The van der Waals surface area contributed by atoms with Gasteiger partial charge < -0.3 is 90.4 Å². The van der Waals surface area contributed by atoms with Gasteiger partial charge in [0.25, 0.3) is 10.2 Å². The van der Waals surface area contributed by atoms with Crippen molar-refractivity contribution in [3.05, 3.63) is 68.1 Å². The molecule has 0 aromatic heterocycles. The Labute approximate surface area is 647 Å². The molecule has 16 atom stereocenters. The molecule has 8 aliphatic carbocycles. The molecule has 0 radical (unpaired) electrons. The number of carboxylic acids is 3. The van der Waals surface area contributed by atoms with Crippen LogP contribution >= 0.6 is 0 Å². The number of carbonyl (C=O) groups is 5. The number of hydrogen-bond donors (Lipinski definition) is 6. The second-order valence-corrected chi connectivity index (χ2v) is 30.2. The van der Waals surface area contributed by atoms with E-state index in [0.717, 1.165) is 116 Å². The van der Waals surface area contributed by atoms with Gasteiger partial charge in [0.15, 0.2) is 0 Å². The molecule has 100 heavy (non-hydrogen) atoms. The van der Waals surface area contributed by atoms with E-state index in [1.165, 1.54) is 117 Å². The van der Waals surface area contributed by atoms with E-state index in [9.17, 15) is 33.9 Å². The van der Waals surface area contributed by atoms with Gasteiger partial charge in [-0.15, -0.1) is 20.2 Å². The Bertz CT molecular complexity index is 2520. The summed E-state index contributed by atoms with van der Waals surface area (Å²) in [5, 5.41) is 61.5. The average Bonchev–Trinajstić information content (AvgIpc) is 1.40. The number of fused-ring (bicyclic) bond motifs is 10. The Morgan fingerprint density at radius 1 is 0.580 bits per heavy atom. The van der Waals surface area contributed by atoms with Crippen molar-refractivity contribution in [2.75, 3.05) is 52.4 Å². The van der Waals surface area contributed by atoms with E-state index < -0.39 is 53.4 Å². The molecule has 15 N–H and O–H groups in total. The van der Waals surface area contributed by atoms with E-state index in [-0.39, 0.29) is 172 Å². The predicted molar refractivity (Wildman–Crippen MR) is 362 cm³/mol. The zero-order valence-corrected chi connectivity index (χ0v) is 66.3. The maximum Gasteiger partial charge on any atom is 2.00 e. The number of nitrogens with two attached hydrogens (primary N) is 4. The first-order chi connectivity index (χ1) is 42.8. The number of ether oxygens (including phenoxy) is 2. The number of nitrogens with one attached hydrogen (secondary N) is 2. The quantitative estimate of drug-likeness (QED) is 0.0158. The zero-order chi connectivity index (χ0) is 67.6. The molecular formula is C68H121Li2N10O18Pt2-. The first kappa shape index (κ1) is 105. The van der Waals surface area contributed by atoms with Crippen LogP contribution in [-0.2, 0) is 70.8 Å². The maximum atomic E-state index is 12.5. The number of nitrogens with zero attached hydrogens (tertiary/aromatic N) is 4. The Morgan fingerprint density at radius 2 is 0.930 bits per heavy atom. The van der Waals surface area contributed by atoms with Crippen molar-refractivity contribution < 1.29 is 159 Å². The fourth-order valence-corrected chi connectivity index (χ4v) is 19.6. The third kappa shape index (κ3) is 29.6. The third-order valence-corrected chi connectivity index (χ3v) is 23.8. The van der Waals surface area contributed by atoms with Crippen molar-refractivity contribution in [1.82, 2.24) is 20.4 Å². The van der Waals surface area contributed by atoms with Gasteiger partial charge in [-0.25, -0.2) is 15.9 Å². The van der Waals surface area contributed by atoms with Gasteiger partial charge in [0, 0.05) is 45.6 Å². The fraction of sp³-hybridized carbons (Fsp3) is 0.853. The molecule has 32 heteroatoms. The number of carbonyl (C=O) groups excluding carboxylic acids is 4. The summed E-state index contributed by atoms with van der Waals surface area (Å²) in [6, 6.07) is 0. The van der Waals surface area contributed by atoms with Gasteiger partial charge in [-0.3, -0.25) is 14.5 Å². The van der Waals surface area contributed by atoms with Crippen LogP contribution in [0.2, 0.25) is 0 Å². The van der Waals surface area contributed by atoms with E-state index >= 15 is 0 Å². The number of hydrogen-bond acceptors (Lipinski definition) is 16. The van der Waals surface area contributed by atoms with Crippen molar-refractivity contribution in [3.63, 3.8) is 0 Å². The van der Waals surface area contributed by atoms with Crippen molar-refractivity contribution >= 4 is 36.4 Å². The van der Waals surface area contributed by atoms with Crippen LogP contribution in [0.4, 0.5) is 9.59 Å². The average molecular weight is 1770 g/mol. The molecule has 6 unspecified atom stereocenters. The molecule has 28 nitrogen and oxygen atoms in total. The van der Waals surface area contributed by atoms with Crippen LogP contribution in [-0.4, -0.2) is 147 Å². The largest absolute Gasteiger partial charge is 2.00 e. The van der Waals surface area contributed by atoms with E-state index in [4.69, 9.17) is 50.3 Å². The summed E-state index contributed by atoms with van der Waals surface area (Å²) < 4.78 is 11.6. The van der Waals surface area contributed by atoms with Crippen LogP contribution in [0.1, 0.15) is 210 Å². The van der Waals surface area contributed by atoms with Crippen LogP contribution in [0.5, 0.6) is 0 Å². The topological polar surface area (TPSA) is 506 Å². The minimum atomic E-state index is -1.50. The van der Waals surface area contributed by atoms with Crippen molar-refractivity contribution in [2.45, 2.75) is 223 Å². The molecule has 574 valence electrons. The summed E-state index contributed by atoms with van der Waals surface area (Å²) in [5.74, 6) is 6.15. The van der Waals surface area contributed by atoms with Crippen LogP contribution in [0.25, 0.3) is 24.6 Å². The van der Waals surface area contributed by atoms with Gasteiger partial charge in [-0.1, -0.05) is 138 Å². The second-order valence-electron chi connectivity index (χ2n) is 30.2. The molecule has 6 saturated carbocycles. The maximum absolute atomic E-state index is 12.5. The Kier molecular flexibility index (Phi) is 51.5. The van der Waals surface area contributed by atoms with Crippen LogP contribution in [0.3, 0.4) is 0 Å². The molecule has 2 amide bonds. The third-order valence-electron chi connectivity index (χ3n) is 23.8. The summed E-state index contributed by atoms with van der Waals surface area (Å²) >= 11 is 0. The Balaban J connectivity index is -0.000000502. The van der Waals surface area contributed by atoms with Gasteiger partial charge in [0.05, 0.1) is 19.1 Å². The van der Waals surface area contributed by atoms with Gasteiger partial charge in [-0.2, -0.15) is 0 Å². The Hall–Kier alpha value is -3.21. The van der Waals surface area contributed by atoms with Crippen molar-refractivity contribution in [3.8, 4) is 0 Å². The SMILES string of the molecule is CC(C)CCC[C@@H](C)[C@H]1CCC2C3CC=C4C[C@@H](OC(=O)NCCN(CC(=O)O)CC(=O)O)CC[C@]4(C)C3CC[C@@]21C.CC(C)CCC[C@@H](C)[C@H]1CCC2C3CC=C4C[C@@H](OC(=O)NCCN(C[C-]=O)CC(=O)[O-])CC[C@]4(C)C3CC[C@@]21C.O=[N+]([O-])O.O=[N+]([O-])O.[Li+].[Li+].[NH2-].[NH2-].[NH2-].[NH2-].[OH-].[Pt+2].[Pt+2]. The number of amides is 2. The Morgan fingerprint density at radius 3 is 1.25 bits per heavy atom. The molecule has 0 spiro atoms. The monoisotopic (exact) mass is 1770 g/mol. The van der Waals surface area contributed by atoms with Gasteiger partial charge in [-0.05, 0) is 183 Å². The number of carboxylic acid groups (broad SMARTS) is 3. The van der Waals surface area contributed by atoms with Crippen LogP contribution in [0.15, 0.2) is 23.3 Å². The summed E-state index contributed by atoms with van der Waals surface area (Å²) in [7, 11) is 0. The molecule has 0 heterocycles. The normalized spacial score (nSPS) is 29.5. The number of rotatable bonds is 26. The summed E-state index contributed by atoms with van der Waals surface area (Å²) in [6.07, 6.45) is 32.3. The van der Waals surface area contributed by atoms with Gasteiger partial charge in [0.1, 0.15) is 12.2 Å². The summed E-state index contributed by atoms with van der Waals surface area (Å²) in [4.78, 5) is 87.9. The molecule has 8 aliphatic rings. The van der Waals surface area contributed by atoms with Gasteiger partial charge in [0.2, 0.25) is 0 Å². The molecular weight excluding hydrogens is 1650 g/mol. The first-order valence-electron chi connectivity index (χ1n) is 34.1. The first-order valence-corrected chi connectivity index (χ1v) is 34.1. The number of alkyl carbamates (subject to hydrolysis) is 2. The molecule has 6 fully saturated rings. The fourth-order valence-electron chi connectivity index (χ4n) is 19.6. The minimum Gasteiger partial charge on any atom is -0.870 e.